The van der Waals surface area contributed by atoms with Gasteiger partial charge in [0, 0.05) is 17.3 Å². The number of halogens is 1. The predicted molar refractivity (Wildman–Crippen MR) is 93.3 cm³/mol. The van der Waals surface area contributed by atoms with Gasteiger partial charge < -0.3 is 5.32 Å². The van der Waals surface area contributed by atoms with Gasteiger partial charge in [-0.1, -0.05) is 12.1 Å². The number of aromatic nitrogens is 2. The van der Waals surface area contributed by atoms with Gasteiger partial charge in [0.1, 0.15) is 3.70 Å². The first-order valence-electron chi connectivity index (χ1n) is 6.48. The van der Waals surface area contributed by atoms with Crippen LogP contribution in [0.4, 0.5) is 0 Å². The third-order valence-electron chi connectivity index (χ3n) is 3.25. The first-order valence-corrected chi connectivity index (χ1v) is 8.71. The molecule has 0 aliphatic rings. The van der Waals surface area contributed by atoms with E-state index in [0.29, 0.717) is 15.4 Å². The van der Waals surface area contributed by atoms with Crippen molar-refractivity contribution in [2.45, 2.75) is 9.79 Å². The van der Waals surface area contributed by atoms with Crippen LogP contribution in [-0.2, 0) is 10.8 Å². The first kappa shape index (κ1) is 15.2. The monoisotopic (exact) mass is 425 g/mol. The van der Waals surface area contributed by atoms with Crippen molar-refractivity contribution in [3.8, 4) is 0 Å². The van der Waals surface area contributed by atoms with Gasteiger partial charge in [0.25, 0.3) is 5.91 Å². The van der Waals surface area contributed by atoms with Crippen LogP contribution >= 0.6 is 22.6 Å². The second kappa shape index (κ2) is 6.17. The van der Waals surface area contributed by atoms with Gasteiger partial charge in [0.15, 0.2) is 0 Å². The molecule has 0 saturated carbocycles. The standard InChI is InChI=1S/C15H12IN3O2S/c1-17-15(20)11-4-2-3-5-13(11)22(21)9-6-7-10-12(8-9)18-19-14(10)16/h2-8H,1H3,(H,17,20)(H,18,19). The van der Waals surface area contributed by atoms with E-state index in [-0.39, 0.29) is 5.91 Å². The maximum absolute atomic E-state index is 12.8. The van der Waals surface area contributed by atoms with Crippen molar-refractivity contribution >= 4 is 50.2 Å². The summed E-state index contributed by atoms with van der Waals surface area (Å²) in [7, 11) is 0.111. The minimum Gasteiger partial charge on any atom is -0.355 e. The second-order valence-corrected chi connectivity index (χ2v) is 7.09. The fourth-order valence-corrected chi connectivity index (χ4v) is 3.96. The van der Waals surface area contributed by atoms with Crippen molar-refractivity contribution in [2.75, 3.05) is 7.05 Å². The molecule has 0 fully saturated rings. The van der Waals surface area contributed by atoms with Gasteiger partial charge in [0.05, 0.1) is 26.8 Å². The molecular formula is C15H12IN3O2S. The number of nitrogens with one attached hydrogen (secondary N) is 2. The highest BCUT2D eigenvalue weighted by Gasteiger charge is 2.17. The normalized spacial score (nSPS) is 12.3. The molecule has 3 aromatic rings. The Balaban J connectivity index is 2.08. The number of benzene rings is 2. The van der Waals surface area contributed by atoms with Crippen molar-refractivity contribution in [3.05, 3.63) is 51.7 Å². The number of amides is 1. The summed E-state index contributed by atoms with van der Waals surface area (Å²) >= 11 is 2.17. The van der Waals surface area contributed by atoms with Crippen LogP contribution < -0.4 is 5.32 Å². The quantitative estimate of drug-likeness (QED) is 0.634. The van der Waals surface area contributed by atoms with Gasteiger partial charge in [-0.05, 0) is 52.9 Å². The van der Waals surface area contributed by atoms with Crippen LogP contribution in [-0.4, -0.2) is 27.4 Å². The molecule has 1 aromatic heterocycles. The average Bonchev–Trinajstić information content (AvgIpc) is 2.94. The molecule has 0 saturated heterocycles. The zero-order valence-corrected chi connectivity index (χ0v) is 14.6. The minimum atomic E-state index is -1.44. The highest BCUT2D eigenvalue weighted by molar-refractivity contribution is 14.1. The van der Waals surface area contributed by atoms with Crippen LogP contribution in [0, 0.1) is 3.70 Å². The molecule has 1 amide bonds. The van der Waals surface area contributed by atoms with Gasteiger partial charge in [-0.2, -0.15) is 5.10 Å². The number of H-pyrrole nitrogens is 1. The summed E-state index contributed by atoms with van der Waals surface area (Å²) in [4.78, 5) is 13.0. The lowest BCUT2D eigenvalue weighted by Gasteiger charge is -2.08. The lowest BCUT2D eigenvalue weighted by molar-refractivity contribution is 0.0960. The third kappa shape index (κ3) is 2.66. The van der Waals surface area contributed by atoms with Crippen molar-refractivity contribution in [1.82, 2.24) is 15.5 Å². The summed E-state index contributed by atoms with van der Waals surface area (Å²) < 4.78 is 13.8. The van der Waals surface area contributed by atoms with Crippen LogP contribution in [0.3, 0.4) is 0 Å². The summed E-state index contributed by atoms with van der Waals surface area (Å²) in [6.45, 7) is 0. The molecule has 7 heteroatoms. The first-order chi connectivity index (χ1) is 10.6. The summed E-state index contributed by atoms with van der Waals surface area (Å²) in [5.41, 5.74) is 1.17. The summed E-state index contributed by atoms with van der Waals surface area (Å²) in [5, 5.41) is 10.6. The molecular weight excluding hydrogens is 413 g/mol. The molecule has 1 unspecified atom stereocenters. The van der Waals surface area contributed by atoms with E-state index < -0.39 is 10.8 Å². The van der Waals surface area contributed by atoms with E-state index in [9.17, 15) is 9.00 Å². The lowest BCUT2D eigenvalue weighted by Crippen LogP contribution is -2.19. The molecule has 1 atom stereocenters. The van der Waals surface area contributed by atoms with Gasteiger partial charge in [-0.25, -0.2) is 4.21 Å². The molecule has 3 rings (SSSR count). The zero-order valence-electron chi connectivity index (χ0n) is 11.6. The number of rotatable bonds is 3. The smallest absolute Gasteiger partial charge is 0.252 e. The fourth-order valence-electron chi connectivity index (χ4n) is 2.15. The molecule has 0 radical (unpaired) electrons. The molecule has 22 heavy (non-hydrogen) atoms. The fraction of sp³-hybridized carbons (Fsp3) is 0.0667. The average molecular weight is 425 g/mol. The molecule has 2 aromatic carbocycles. The predicted octanol–water partition coefficient (Wildman–Crippen LogP) is 2.69. The topological polar surface area (TPSA) is 74.8 Å². The molecule has 2 N–H and O–H groups in total. The number of nitrogens with zero attached hydrogens (tertiary/aromatic N) is 1. The van der Waals surface area contributed by atoms with Crippen LogP contribution in [0.15, 0.2) is 52.3 Å². The van der Waals surface area contributed by atoms with Crippen molar-refractivity contribution in [2.24, 2.45) is 0 Å². The number of carbonyl (C=O) groups is 1. The summed E-state index contributed by atoms with van der Waals surface area (Å²) in [5.74, 6) is -0.251. The van der Waals surface area contributed by atoms with E-state index in [1.54, 1.807) is 43.4 Å². The van der Waals surface area contributed by atoms with E-state index in [2.05, 4.69) is 38.1 Å². The van der Waals surface area contributed by atoms with Crippen LogP contribution in [0.5, 0.6) is 0 Å². The van der Waals surface area contributed by atoms with Crippen molar-refractivity contribution in [1.29, 1.82) is 0 Å². The molecule has 0 spiro atoms. The summed E-state index contributed by atoms with van der Waals surface area (Å²) in [6, 6.07) is 12.4. The highest BCUT2D eigenvalue weighted by Crippen LogP contribution is 2.25. The van der Waals surface area contributed by atoms with E-state index in [1.807, 2.05) is 6.07 Å². The van der Waals surface area contributed by atoms with Crippen molar-refractivity contribution in [3.63, 3.8) is 0 Å². The Bertz CT molecular complexity index is 891. The van der Waals surface area contributed by atoms with Crippen molar-refractivity contribution < 1.29 is 9.00 Å². The molecule has 112 valence electrons. The van der Waals surface area contributed by atoms with E-state index in [4.69, 9.17) is 0 Å². The largest absolute Gasteiger partial charge is 0.355 e. The minimum absolute atomic E-state index is 0.251. The van der Waals surface area contributed by atoms with Gasteiger partial charge >= 0.3 is 0 Å². The molecule has 0 aliphatic heterocycles. The molecule has 5 nitrogen and oxygen atoms in total. The highest BCUT2D eigenvalue weighted by atomic mass is 127. The van der Waals surface area contributed by atoms with E-state index in [1.165, 1.54) is 0 Å². The SMILES string of the molecule is CNC(=O)c1ccccc1S(=O)c1ccc2c(I)[nH]nc2c1. The van der Waals surface area contributed by atoms with Gasteiger partial charge in [-0.3, -0.25) is 9.89 Å². The number of carbonyl (C=O) groups excluding carboxylic acids is 1. The third-order valence-corrected chi connectivity index (χ3v) is 5.51. The van der Waals surface area contributed by atoms with Gasteiger partial charge in [0.2, 0.25) is 0 Å². The summed E-state index contributed by atoms with van der Waals surface area (Å²) in [6.07, 6.45) is 0. The maximum atomic E-state index is 12.8. The number of aromatic amines is 1. The maximum Gasteiger partial charge on any atom is 0.252 e. The lowest BCUT2D eigenvalue weighted by atomic mass is 10.2. The van der Waals surface area contributed by atoms with Crippen LogP contribution in [0.2, 0.25) is 0 Å². The Morgan fingerprint density at radius 2 is 2.05 bits per heavy atom. The van der Waals surface area contributed by atoms with Gasteiger partial charge in [-0.15, -0.1) is 0 Å². The Kier molecular flexibility index (Phi) is 4.25. The van der Waals surface area contributed by atoms with E-state index in [0.717, 1.165) is 14.6 Å². The Hall–Kier alpha value is -1.74. The molecule has 1 heterocycles. The molecule has 0 bridgehead atoms. The Morgan fingerprint density at radius 3 is 2.82 bits per heavy atom. The number of hydrogen-bond acceptors (Lipinski definition) is 3. The number of fused-ring (bicyclic) bond motifs is 1. The zero-order chi connectivity index (χ0) is 15.7. The van der Waals surface area contributed by atoms with Crippen LogP contribution in [0.25, 0.3) is 10.9 Å². The number of hydrogen-bond donors (Lipinski definition) is 2. The van der Waals surface area contributed by atoms with Crippen LogP contribution in [0.1, 0.15) is 10.4 Å². The van der Waals surface area contributed by atoms with E-state index >= 15 is 0 Å². The Labute approximate surface area is 143 Å². The second-order valence-electron chi connectivity index (χ2n) is 4.56. The molecule has 0 aliphatic carbocycles. The Morgan fingerprint density at radius 1 is 1.27 bits per heavy atom.